The zero-order valence-electron chi connectivity index (χ0n) is 20.9. The fourth-order valence-corrected chi connectivity index (χ4v) is 4.41. The Morgan fingerprint density at radius 3 is 2.41 bits per heavy atom. The Bertz CT molecular complexity index is 1090. The second-order valence-corrected chi connectivity index (χ2v) is 9.20. The maximum Gasteiger partial charge on any atom is 0.573 e. The number of carbonyl (C=O) groups is 2. The molecular formula is C26H31F3N2O6. The van der Waals surface area contributed by atoms with Crippen molar-refractivity contribution in [1.29, 1.82) is 0 Å². The van der Waals surface area contributed by atoms with Gasteiger partial charge in [0.15, 0.2) is 5.60 Å². The van der Waals surface area contributed by atoms with Crippen LogP contribution in [-0.2, 0) is 22.4 Å². The quantitative estimate of drug-likeness (QED) is 0.427. The Hall–Kier alpha value is -3.47. The highest BCUT2D eigenvalue weighted by molar-refractivity contribution is 5.78. The highest BCUT2D eigenvalue weighted by Gasteiger charge is 2.43. The highest BCUT2D eigenvalue weighted by atomic mass is 19.4. The summed E-state index contributed by atoms with van der Waals surface area (Å²) in [5.41, 5.74) is -0.689. The molecule has 1 aliphatic heterocycles. The van der Waals surface area contributed by atoms with Gasteiger partial charge in [0.2, 0.25) is 0 Å². The standard InChI is InChI=1S/C26H31F3N2O6/c1-4-36-24(2,22(32)33)15-18-8-10-20(11-9-18)35-13-12-25(17-30-23(34)31(25)3)16-19-6-5-7-21(14-19)37-26(27,28)29/h5-11,14H,4,12-13,15-17H2,1-3H3,(H,30,34)(H,32,33). The number of amides is 2. The summed E-state index contributed by atoms with van der Waals surface area (Å²) in [6.45, 7) is 4.09. The fraction of sp³-hybridized carbons (Fsp3) is 0.462. The lowest BCUT2D eigenvalue weighted by molar-refractivity contribution is -0.274. The summed E-state index contributed by atoms with van der Waals surface area (Å²) in [5, 5.41) is 12.3. The molecule has 0 bridgehead atoms. The van der Waals surface area contributed by atoms with Crippen LogP contribution in [0.5, 0.6) is 11.5 Å². The summed E-state index contributed by atoms with van der Waals surface area (Å²) in [6.07, 6.45) is -3.90. The van der Waals surface area contributed by atoms with Crippen molar-refractivity contribution in [3.05, 3.63) is 59.7 Å². The summed E-state index contributed by atoms with van der Waals surface area (Å²) in [4.78, 5) is 25.4. The molecular weight excluding hydrogens is 493 g/mol. The number of likely N-dealkylation sites (N-methyl/N-ethyl adjacent to an activating group) is 1. The number of alkyl halides is 3. The second-order valence-electron chi connectivity index (χ2n) is 9.20. The lowest BCUT2D eigenvalue weighted by atomic mass is 9.87. The summed E-state index contributed by atoms with van der Waals surface area (Å²) in [7, 11) is 1.64. The van der Waals surface area contributed by atoms with E-state index < -0.39 is 23.5 Å². The van der Waals surface area contributed by atoms with Crippen molar-refractivity contribution >= 4 is 12.0 Å². The molecule has 2 aromatic carbocycles. The molecule has 1 saturated heterocycles. The third-order valence-corrected chi connectivity index (χ3v) is 6.47. The van der Waals surface area contributed by atoms with Crippen LogP contribution in [0.2, 0.25) is 0 Å². The molecule has 37 heavy (non-hydrogen) atoms. The van der Waals surface area contributed by atoms with E-state index in [1.807, 2.05) is 0 Å². The van der Waals surface area contributed by atoms with Gasteiger partial charge in [0.25, 0.3) is 0 Å². The molecule has 1 aliphatic rings. The minimum atomic E-state index is -4.79. The van der Waals surface area contributed by atoms with E-state index in [1.165, 1.54) is 25.1 Å². The van der Waals surface area contributed by atoms with Crippen molar-refractivity contribution in [3.63, 3.8) is 0 Å². The molecule has 3 rings (SSSR count). The van der Waals surface area contributed by atoms with Crippen LogP contribution >= 0.6 is 0 Å². The van der Waals surface area contributed by atoms with Crippen LogP contribution < -0.4 is 14.8 Å². The average Bonchev–Trinajstić information content (AvgIpc) is 3.08. The SMILES string of the molecule is CCOC(C)(Cc1ccc(OCCC2(Cc3cccc(OC(F)(F)F)c3)CNC(=O)N2C)cc1)C(=O)O. The maximum atomic E-state index is 12.6. The van der Waals surface area contributed by atoms with Crippen LogP contribution in [0.3, 0.4) is 0 Å². The Labute approximate surface area is 213 Å². The highest BCUT2D eigenvalue weighted by Crippen LogP contribution is 2.31. The first-order valence-electron chi connectivity index (χ1n) is 11.8. The number of carboxylic acids is 1. The molecule has 8 nitrogen and oxygen atoms in total. The Morgan fingerprint density at radius 2 is 1.84 bits per heavy atom. The maximum absolute atomic E-state index is 12.6. The van der Waals surface area contributed by atoms with E-state index in [0.29, 0.717) is 30.7 Å². The number of rotatable bonds is 12. The lowest BCUT2D eigenvalue weighted by Crippen LogP contribution is -2.48. The van der Waals surface area contributed by atoms with Crippen LogP contribution in [0.4, 0.5) is 18.0 Å². The topological polar surface area (TPSA) is 97.3 Å². The van der Waals surface area contributed by atoms with E-state index >= 15 is 0 Å². The minimum Gasteiger partial charge on any atom is -0.494 e. The number of ether oxygens (including phenoxy) is 3. The van der Waals surface area contributed by atoms with Crippen molar-refractivity contribution in [1.82, 2.24) is 10.2 Å². The molecule has 2 unspecified atom stereocenters. The first-order valence-corrected chi connectivity index (χ1v) is 11.8. The van der Waals surface area contributed by atoms with Crippen LogP contribution in [0, 0.1) is 0 Å². The number of nitrogens with one attached hydrogen (secondary N) is 1. The van der Waals surface area contributed by atoms with Gasteiger partial charge in [-0.3, -0.25) is 0 Å². The van der Waals surface area contributed by atoms with E-state index in [-0.39, 0.29) is 31.4 Å². The van der Waals surface area contributed by atoms with E-state index in [9.17, 15) is 27.9 Å². The summed E-state index contributed by atoms with van der Waals surface area (Å²) >= 11 is 0. The van der Waals surface area contributed by atoms with Crippen molar-refractivity contribution < 1.29 is 42.1 Å². The number of aliphatic carboxylic acids is 1. The third kappa shape index (κ3) is 7.28. The minimum absolute atomic E-state index is 0.190. The third-order valence-electron chi connectivity index (χ3n) is 6.47. The van der Waals surface area contributed by atoms with E-state index in [2.05, 4.69) is 10.1 Å². The van der Waals surface area contributed by atoms with Crippen LogP contribution in [0.1, 0.15) is 31.4 Å². The molecule has 2 aromatic rings. The van der Waals surface area contributed by atoms with Gasteiger partial charge in [0, 0.05) is 33.0 Å². The van der Waals surface area contributed by atoms with Crippen LogP contribution in [-0.4, -0.2) is 66.3 Å². The number of halogens is 3. The number of hydrogen-bond donors (Lipinski definition) is 2. The smallest absolute Gasteiger partial charge is 0.494 e. The fourth-order valence-electron chi connectivity index (χ4n) is 4.41. The molecule has 2 amide bonds. The summed E-state index contributed by atoms with van der Waals surface area (Å²) in [5.74, 6) is -0.799. The van der Waals surface area contributed by atoms with Gasteiger partial charge in [-0.2, -0.15) is 0 Å². The van der Waals surface area contributed by atoms with Crippen molar-refractivity contribution in [2.75, 3.05) is 26.8 Å². The molecule has 1 fully saturated rings. The summed E-state index contributed by atoms with van der Waals surface area (Å²) < 4.78 is 53.3. The second kappa shape index (κ2) is 11.3. The largest absolute Gasteiger partial charge is 0.573 e. The first kappa shape index (κ1) is 28.1. The number of carboxylic acid groups (broad SMARTS) is 1. The zero-order valence-corrected chi connectivity index (χ0v) is 20.9. The molecule has 202 valence electrons. The molecule has 0 spiro atoms. The Morgan fingerprint density at radius 1 is 1.14 bits per heavy atom. The van der Waals surface area contributed by atoms with Crippen molar-refractivity contribution in [2.45, 2.75) is 50.6 Å². The predicted octanol–water partition coefficient (Wildman–Crippen LogP) is 4.41. The van der Waals surface area contributed by atoms with Gasteiger partial charge in [-0.15, -0.1) is 13.2 Å². The number of carbonyl (C=O) groups excluding carboxylic acids is 1. The van der Waals surface area contributed by atoms with Gasteiger partial charge in [0.1, 0.15) is 11.5 Å². The number of urea groups is 1. The summed E-state index contributed by atoms with van der Waals surface area (Å²) in [6, 6.07) is 12.4. The van der Waals surface area contributed by atoms with Gasteiger partial charge < -0.3 is 29.5 Å². The molecule has 0 radical (unpaired) electrons. The molecule has 1 heterocycles. The van der Waals surface area contributed by atoms with Gasteiger partial charge in [-0.25, -0.2) is 9.59 Å². The van der Waals surface area contributed by atoms with E-state index in [0.717, 1.165) is 5.56 Å². The van der Waals surface area contributed by atoms with Crippen molar-refractivity contribution in [3.8, 4) is 11.5 Å². The molecule has 2 atom stereocenters. The van der Waals surface area contributed by atoms with Crippen molar-refractivity contribution in [2.24, 2.45) is 0 Å². The normalized spacial score (nSPS) is 19.3. The molecule has 0 aromatic heterocycles. The molecule has 2 N–H and O–H groups in total. The van der Waals surface area contributed by atoms with Gasteiger partial charge in [-0.1, -0.05) is 24.3 Å². The Kier molecular flexibility index (Phi) is 8.57. The zero-order chi connectivity index (χ0) is 27.3. The molecule has 0 aliphatic carbocycles. The van der Waals surface area contributed by atoms with Gasteiger partial charge >= 0.3 is 18.4 Å². The Balaban J connectivity index is 1.66. The average molecular weight is 525 g/mol. The first-order chi connectivity index (χ1) is 17.4. The molecule has 0 saturated carbocycles. The predicted molar refractivity (Wildman–Crippen MR) is 129 cm³/mol. The number of benzene rings is 2. The van der Waals surface area contributed by atoms with E-state index in [1.54, 1.807) is 49.2 Å². The lowest BCUT2D eigenvalue weighted by Gasteiger charge is -2.35. The monoisotopic (exact) mass is 524 g/mol. The molecule has 11 heteroatoms. The number of hydrogen-bond acceptors (Lipinski definition) is 5. The number of nitrogens with zero attached hydrogens (tertiary/aromatic N) is 1. The van der Waals surface area contributed by atoms with Gasteiger partial charge in [0.05, 0.1) is 12.1 Å². The van der Waals surface area contributed by atoms with Gasteiger partial charge in [-0.05, 0) is 55.7 Å². The van der Waals surface area contributed by atoms with Crippen LogP contribution in [0.15, 0.2) is 48.5 Å². The van der Waals surface area contributed by atoms with E-state index in [4.69, 9.17) is 9.47 Å². The van der Waals surface area contributed by atoms with Crippen LogP contribution in [0.25, 0.3) is 0 Å².